The Morgan fingerprint density at radius 2 is 2.39 bits per heavy atom. The summed E-state index contributed by atoms with van der Waals surface area (Å²) in [5, 5.41) is 16.6. The van der Waals surface area contributed by atoms with Crippen molar-refractivity contribution in [3.8, 4) is 0 Å². The monoisotopic (exact) mass is 245 g/mol. The molecule has 1 aromatic carbocycles. The van der Waals surface area contributed by atoms with Gasteiger partial charge in [-0.3, -0.25) is 9.89 Å². The van der Waals surface area contributed by atoms with Crippen molar-refractivity contribution in [2.75, 3.05) is 19.7 Å². The predicted octanol–water partition coefficient (Wildman–Crippen LogP) is 1.18. The van der Waals surface area contributed by atoms with Crippen molar-refractivity contribution in [2.45, 2.75) is 0 Å². The number of nitrogens with one attached hydrogen (secondary N) is 1. The van der Waals surface area contributed by atoms with E-state index >= 15 is 0 Å². The fourth-order valence-electron chi connectivity index (χ4n) is 1.81. The molecule has 0 saturated carbocycles. The Labute approximate surface area is 105 Å². The number of carbonyl (C=O) groups excluding carboxylic acids is 1. The van der Waals surface area contributed by atoms with Gasteiger partial charge in [0, 0.05) is 24.0 Å². The minimum atomic E-state index is -0.118. The largest absolute Gasteiger partial charge is 0.395 e. The summed E-state index contributed by atoms with van der Waals surface area (Å²) in [7, 11) is 0. The van der Waals surface area contributed by atoms with Gasteiger partial charge >= 0.3 is 0 Å². The van der Waals surface area contributed by atoms with Gasteiger partial charge in [-0.1, -0.05) is 6.08 Å². The van der Waals surface area contributed by atoms with Crippen LogP contribution < -0.4 is 0 Å². The average molecular weight is 245 g/mol. The van der Waals surface area contributed by atoms with Crippen molar-refractivity contribution in [3.05, 3.63) is 42.6 Å². The van der Waals surface area contributed by atoms with Gasteiger partial charge in [0.05, 0.1) is 18.3 Å². The average Bonchev–Trinajstić information content (AvgIpc) is 2.84. The third kappa shape index (κ3) is 2.41. The Hall–Kier alpha value is -2.14. The van der Waals surface area contributed by atoms with Crippen LogP contribution in [0.1, 0.15) is 10.4 Å². The number of carbonyl (C=O) groups is 1. The molecule has 2 aromatic rings. The molecule has 1 aromatic heterocycles. The van der Waals surface area contributed by atoms with E-state index in [1.54, 1.807) is 29.3 Å². The first-order valence-corrected chi connectivity index (χ1v) is 5.70. The van der Waals surface area contributed by atoms with Gasteiger partial charge in [-0.25, -0.2) is 0 Å². The summed E-state index contributed by atoms with van der Waals surface area (Å²) >= 11 is 0. The van der Waals surface area contributed by atoms with E-state index in [0.29, 0.717) is 18.7 Å². The molecule has 0 unspecified atom stereocenters. The fourth-order valence-corrected chi connectivity index (χ4v) is 1.81. The van der Waals surface area contributed by atoms with Crippen LogP contribution in [0.25, 0.3) is 10.9 Å². The SMILES string of the molecule is C=CCN(CCO)C(=O)c1ccc2[nH]ncc2c1. The molecular weight excluding hydrogens is 230 g/mol. The molecule has 0 atom stereocenters. The highest BCUT2D eigenvalue weighted by molar-refractivity contribution is 5.97. The molecule has 0 aliphatic heterocycles. The lowest BCUT2D eigenvalue weighted by Gasteiger charge is -2.19. The zero-order valence-electron chi connectivity index (χ0n) is 9.97. The molecule has 94 valence electrons. The molecule has 2 N–H and O–H groups in total. The van der Waals surface area contributed by atoms with Gasteiger partial charge < -0.3 is 10.0 Å². The number of rotatable bonds is 5. The molecule has 0 fully saturated rings. The maximum atomic E-state index is 12.2. The third-order valence-electron chi connectivity index (χ3n) is 2.69. The molecule has 0 spiro atoms. The van der Waals surface area contributed by atoms with E-state index in [-0.39, 0.29) is 12.5 Å². The highest BCUT2D eigenvalue weighted by Gasteiger charge is 2.14. The molecule has 0 bridgehead atoms. The van der Waals surface area contributed by atoms with Crippen LogP contribution in [0.4, 0.5) is 0 Å². The first-order chi connectivity index (χ1) is 8.76. The second kappa shape index (κ2) is 5.46. The zero-order chi connectivity index (χ0) is 13.0. The van der Waals surface area contributed by atoms with Crippen molar-refractivity contribution in [1.82, 2.24) is 15.1 Å². The summed E-state index contributed by atoms with van der Waals surface area (Å²) in [6.07, 6.45) is 3.32. The summed E-state index contributed by atoms with van der Waals surface area (Å²) in [5.41, 5.74) is 1.48. The highest BCUT2D eigenvalue weighted by Crippen LogP contribution is 2.14. The van der Waals surface area contributed by atoms with Crippen LogP contribution in [0.2, 0.25) is 0 Å². The van der Waals surface area contributed by atoms with Gasteiger partial charge in [0.1, 0.15) is 0 Å². The van der Waals surface area contributed by atoms with Crippen molar-refractivity contribution in [1.29, 1.82) is 0 Å². The molecule has 0 aliphatic carbocycles. The van der Waals surface area contributed by atoms with Crippen molar-refractivity contribution < 1.29 is 9.90 Å². The summed E-state index contributed by atoms with van der Waals surface area (Å²) in [5.74, 6) is -0.118. The van der Waals surface area contributed by atoms with E-state index < -0.39 is 0 Å². The number of benzene rings is 1. The van der Waals surface area contributed by atoms with Crippen molar-refractivity contribution in [2.24, 2.45) is 0 Å². The maximum absolute atomic E-state index is 12.2. The fraction of sp³-hybridized carbons (Fsp3) is 0.231. The number of hydrogen-bond donors (Lipinski definition) is 2. The van der Waals surface area contributed by atoms with Crippen molar-refractivity contribution >= 4 is 16.8 Å². The second-order valence-electron chi connectivity index (χ2n) is 3.94. The molecule has 0 saturated heterocycles. The Bertz CT molecular complexity index is 562. The van der Waals surface area contributed by atoms with Crippen LogP contribution in [-0.2, 0) is 0 Å². The van der Waals surface area contributed by atoms with E-state index in [2.05, 4.69) is 16.8 Å². The number of aromatic nitrogens is 2. The Morgan fingerprint density at radius 1 is 1.56 bits per heavy atom. The molecule has 0 aliphatic rings. The van der Waals surface area contributed by atoms with Crippen molar-refractivity contribution in [3.63, 3.8) is 0 Å². The van der Waals surface area contributed by atoms with Crippen LogP contribution in [0.15, 0.2) is 37.1 Å². The summed E-state index contributed by atoms with van der Waals surface area (Å²) in [6.45, 7) is 4.27. The van der Waals surface area contributed by atoms with Crippen LogP contribution in [0.5, 0.6) is 0 Å². The van der Waals surface area contributed by atoms with E-state index in [1.807, 2.05) is 6.07 Å². The normalized spacial score (nSPS) is 10.5. The zero-order valence-corrected chi connectivity index (χ0v) is 9.97. The maximum Gasteiger partial charge on any atom is 0.254 e. The number of aromatic amines is 1. The molecule has 1 heterocycles. The van der Waals surface area contributed by atoms with E-state index in [1.165, 1.54) is 0 Å². The molecule has 5 heteroatoms. The first kappa shape index (κ1) is 12.3. The molecule has 2 rings (SSSR count). The van der Waals surface area contributed by atoms with E-state index in [0.717, 1.165) is 10.9 Å². The molecule has 1 amide bonds. The minimum Gasteiger partial charge on any atom is -0.395 e. The van der Waals surface area contributed by atoms with Gasteiger partial charge in [-0.2, -0.15) is 5.10 Å². The summed E-state index contributed by atoms with van der Waals surface area (Å²) in [6, 6.07) is 5.35. The van der Waals surface area contributed by atoms with Crippen LogP contribution in [0, 0.1) is 0 Å². The topological polar surface area (TPSA) is 69.2 Å². The van der Waals surface area contributed by atoms with Gasteiger partial charge in [0.25, 0.3) is 5.91 Å². The number of nitrogens with zero attached hydrogens (tertiary/aromatic N) is 2. The Morgan fingerprint density at radius 3 is 3.11 bits per heavy atom. The molecule has 5 nitrogen and oxygen atoms in total. The third-order valence-corrected chi connectivity index (χ3v) is 2.69. The number of aliphatic hydroxyl groups is 1. The number of hydrogen-bond acceptors (Lipinski definition) is 3. The van der Waals surface area contributed by atoms with Gasteiger partial charge in [-0.05, 0) is 18.2 Å². The number of aliphatic hydroxyl groups excluding tert-OH is 1. The van der Waals surface area contributed by atoms with Gasteiger partial charge in [-0.15, -0.1) is 6.58 Å². The Kier molecular flexibility index (Phi) is 3.74. The molecule has 0 radical (unpaired) electrons. The molecular formula is C13H15N3O2. The first-order valence-electron chi connectivity index (χ1n) is 5.70. The minimum absolute atomic E-state index is 0.0620. The lowest BCUT2D eigenvalue weighted by Crippen LogP contribution is -2.33. The number of fused-ring (bicyclic) bond motifs is 1. The standard InChI is InChI=1S/C13H15N3O2/c1-2-5-16(6-7-17)13(18)10-3-4-12-11(8-10)9-14-15-12/h2-4,8-9,17H,1,5-7H2,(H,14,15). The van der Waals surface area contributed by atoms with Crippen LogP contribution in [0.3, 0.4) is 0 Å². The number of amides is 1. The highest BCUT2D eigenvalue weighted by atomic mass is 16.3. The van der Waals surface area contributed by atoms with Crippen LogP contribution >= 0.6 is 0 Å². The Balaban J connectivity index is 2.27. The van der Waals surface area contributed by atoms with E-state index in [9.17, 15) is 4.79 Å². The van der Waals surface area contributed by atoms with E-state index in [4.69, 9.17) is 5.11 Å². The second-order valence-corrected chi connectivity index (χ2v) is 3.94. The quantitative estimate of drug-likeness (QED) is 0.777. The summed E-state index contributed by atoms with van der Waals surface area (Å²) < 4.78 is 0. The van der Waals surface area contributed by atoms with Gasteiger partial charge in [0.2, 0.25) is 0 Å². The lowest BCUT2D eigenvalue weighted by molar-refractivity contribution is 0.0743. The smallest absolute Gasteiger partial charge is 0.254 e. The number of H-pyrrole nitrogens is 1. The lowest BCUT2D eigenvalue weighted by atomic mass is 10.1. The molecule has 18 heavy (non-hydrogen) atoms. The van der Waals surface area contributed by atoms with Crippen LogP contribution in [-0.4, -0.2) is 45.8 Å². The summed E-state index contributed by atoms with van der Waals surface area (Å²) in [4.78, 5) is 13.8. The van der Waals surface area contributed by atoms with Gasteiger partial charge in [0.15, 0.2) is 0 Å². The predicted molar refractivity (Wildman–Crippen MR) is 69.3 cm³/mol.